The molecule has 4 rings (SSSR count). The Hall–Kier alpha value is -3.69. The molecule has 0 fully saturated rings. The summed E-state index contributed by atoms with van der Waals surface area (Å²) in [6, 6.07) is 19.4. The molecule has 0 atom stereocenters. The van der Waals surface area contributed by atoms with E-state index in [9.17, 15) is 10.1 Å². The fourth-order valence-corrected chi connectivity index (χ4v) is 3.47. The number of hydrogen-bond acceptors (Lipinski definition) is 4. The van der Waals surface area contributed by atoms with Gasteiger partial charge in [0.15, 0.2) is 5.13 Å². The van der Waals surface area contributed by atoms with E-state index in [1.165, 1.54) is 11.3 Å². The SMILES string of the molecule is N#C/C(=C/c1c[nH]c2ccccc12)C(=O)Nc1nc(-c2ccccc2)cs1. The van der Waals surface area contributed by atoms with E-state index in [2.05, 4.69) is 15.3 Å². The molecule has 0 radical (unpaired) electrons. The maximum Gasteiger partial charge on any atom is 0.268 e. The summed E-state index contributed by atoms with van der Waals surface area (Å²) in [5, 5.41) is 15.4. The van der Waals surface area contributed by atoms with Crippen LogP contribution in [0.2, 0.25) is 0 Å². The van der Waals surface area contributed by atoms with E-state index in [1.807, 2.05) is 66.0 Å². The molecule has 6 heteroatoms. The summed E-state index contributed by atoms with van der Waals surface area (Å²) in [7, 11) is 0. The molecular formula is C21H14N4OS. The van der Waals surface area contributed by atoms with Crippen molar-refractivity contribution < 1.29 is 4.79 Å². The number of thiazole rings is 1. The number of nitrogens with one attached hydrogen (secondary N) is 2. The Labute approximate surface area is 159 Å². The van der Waals surface area contributed by atoms with Crippen LogP contribution in [0.5, 0.6) is 0 Å². The number of nitrogens with zero attached hydrogens (tertiary/aromatic N) is 2. The number of hydrogen-bond donors (Lipinski definition) is 2. The standard InChI is InChI=1S/C21H14N4OS/c22-11-15(10-16-12-23-18-9-5-4-8-17(16)18)20(26)25-21-24-19(13-27-21)14-6-2-1-3-7-14/h1-10,12-13,23H,(H,24,25,26)/b15-10-. The molecular weight excluding hydrogens is 356 g/mol. The molecule has 5 nitrogen and oxygen atoms in total. The van der Waals surface area contributed by atoms with Crippen LogP contribution >= 0.6 is 11.3 Å². The zero-order valence-electron chi connectivity index (χ0n) is 14.1. The van der Waals surface area contributed by atoms with Crippen molar-refractivity contribution >= 4 is 39.4 Å². The third kappa shape index (κ3) is 3.50. The highest BCUT2D eigenvalue weighted by Gasteiger charge is 2.13. The van der Waals surface area contributed by atoms with Crippen molar-refractivity contribution in [3.63, 3.8) is 0 Å². The van der Waals surface area contributed by atoms with E-state index in [-0.39, 0.29) is 5.57 Å². The van der Waals surface area contributed by atoms with Crippen molar-refractivity contribution in [1.82, 2.24) is 9.97 Å². The van der Waals surface area contributed by atoms with Crippen LogP contribution in [0.15, 0.2) is 71.7 Å². The van der Waals surface area contributed by atoms with Gasteiger partial charge in [-0.05, 0) is 12.1 Å². The second kappa shape index (κ2) is 7.28. The lowest BCUT2D eigenvalue weighted by molar-refractivity contribution is -0.112. The lowest BCUT2D eigenvalue weighted by Gasteiger charge is -2.00. The van der Waals surface area contributed by atoms with Gasteiger partial charge in [-0.25, -0.2) is 4.98 Å². The van der Waals surface area contributed by atoms with Crippen LogP contribution in [0.25, 0.3) is 28.2 Å². The molecule has 0 saturated carbocycles. The summed E-state index contributed by atoms with van der Waals surface area (Å²) in [6.07, 6.45) is 3.37. The predicted octanol–water partition coefficient (Wildman–Crippen LogP) is 4.84. The van der Waals surface area contributed by atoms with Gasteiger partial charge < -0.3 is 4.98 Å². The van der Waals surface area contributed by atoms with Gasteiger partial charge in [0.05, 0.1) is 5.69 Å². The minimum Gasteiger partial charge on any atom is -0.361 e. The number of H-pyrrole nitrogens is 1. The molecule has 2 aromatic carbocycles. The van der Waals surface area contributed by atoms with E-state index in [0.717, 1.165) is 27.7 Å². The van der Waals surface area contributed by atoms with Crippen LogP contribution in [0.3, 0.4) is 0 Å². The largest absolute Gasteiger partial charge is 0.361 e. The molecule has 27 heavy (non-hydrogen) atoms. The Balaban J connectivity index is 1.56. The number of aromatic nitrogens is 2. The van der Waals surface area contributed by atoms with Crippen molar-refractivity contribution in [3.05, 3.63) is 77.3 Å². The Morgan fingerprint density at radius 2 is 1.93 bits per heavy atom. The number of fused-ring (bicyclic) bond motifs is 1. The fourth-order valence-electron chi connectivity index (χ4n) is 2.75. The van der Waals surface area contributed by atoms with Crippen LogP contribution in [0.1, 0.15) is 5.56 Å². The molecule has 0 saturated heterocycles. The summed E-state index contributed by atoms with van der Waals surface area (Å²) in [4.78, 5) is 20.1. The van der Waals surface area contributed by atoms with Crippen molar-refractivity contribution in [3.8, 4) is 17.3 Å². The molecule has 0 aliphatic rings. The van der Waals surface area contributed by atoms with E-state index in [4.69, 9.17) is 0 Å². The number of anilines is 1. The Morgan fingerprint density at radius 3 is 2.74 bits per heavy atom. The summed E-state index contributed by atoms with van der Waals surface area (Å²) in [5.74, 6) is -0.475. The average Bonchev–Trinajstić information content (AvgIpc) is 3.34. The predicted molar refractivity (Wildman–Crippen MR) is 108 cm³/mol. The van der Waals surface area contributed by atoms with Crippen molar-refractivity contribution in [2.24, 2.45) is 0 Å². The zero-order chi connectivity index (χ0) is 18.6. The molecule has 2 heterocycles. The normalized spacial score (nSPS) is 11.3. The van der Waals surface area contributed by atoms with E-state index in [0.29, 0.717) is 5.13 Å². The number of rotatable bonds is 4. The van der Waals surface area contributed by atoms with Crippen LogP contribution in [0.4, 0.5) is 5.13 Å². The maximum absolute atomic E-state index is 12.5. The van der Waals surface area contributed by atoms with Gasteiger partial charge in [0, 0.05) is 33.6 Å². The molecule has 1 amide bonds. The van der Waals surface area contributed by atoms with Crippen molar-refractivity contribution in [1.29, 1.82) is 5.26 Å². The minimum absolute atomic E-state index is 0.0243. The van der Waals surface area contributed by atoms with Crippen LogP contribution < -0.4 is 5.32 Å². The van der Waals surface area contributed by atoms with E-state index in [1.54, 1.807) is 12.3 Å². The molecule has 0 aliphatic carbocycles. The van der Waals surface area contributed by atoms with Gasteiger partial charge >= 0.3 is 0 Å². The minimum atomic E-state index is -0.475. The number of carbonyl (C=O) groups excluding carboxylic acids is 1. The van der Waals surface area contributed by atoms with Crippen LogP contribution in [-0.4, -0.2) is 15.9 Å². The molecule has 0 aliphatic heterocycles. The molecule has 2 aromatic heterocycles. The number of benzene rings is 2. The Bertz CT molecular complexity index is 1180. The zero-order valence-corrected chi connectivity index (χ0v) is 15.0. The number of aromatic amines is 1. The van der Waals surface area contributed by atoms with Crippen molar-refractivity contribution in [2.45, 2.75) is 0 Å². The van der Waals surface area contributed by atoms with E-state index >= 15 is 0 Å². The Kier molecular flexibility index (Phi) is 4.52. The monoisotopic (exact) mass is 370 g/mol. The summed E-state index contributed by atoms with van der Waals surface area (Å²) in [5.41, 5.74) is 3.53. The highest BCUT2D eigenvalue weighted by molar-refractivity contribution is 7.14. The highest BCUT2D eigenvalue weighted by atomic mass is 32.1. The van der Waals surface area contributed by atoms with Gasteiger partial charge in [-0.3, -0.25) is 10.1 Å². The second-order valence-corrected chi connectivity index (χ2v) is 6.68. The van der Waals surface area contributed by atoms with Gasteiger partial charge in [-0.15, -0.1) is 11.3 Å². The molecule has 0 bridgehead atoms. The fraction of sp³-hybridized carbons (Fsp3) is 0. The number of nitriles is 1. The highest BCUT2D eigenvalue weighted by Crippen LogP contribution is 2.25. The molecule has 130 valence electrons. The number of para-hydroxylation sites is 1. The first kappa shape index (κ1) is 16.8. The van der Waals surface area contributed by atoms with E-state index < -0.39 is 5.91 Å². The first-order valence-electron chi connectivity index (χ1n) is 8.25. The first-order chi connectivity index (χ1) is 13.2. The van der Waals surface area contributed by atoms with Gasteiger partial charge in [0.1, 0.15) is 11.6 Å². The van der Waals surface area contributed by atoms with Gasteiger partial charge in [-0.2, -0.15) is 5.26 Å². The lowest BCUT2D eigenvalue weighted by atomic mass is 10.1. The molecule has 0 spiro atoms. The summed E-state index contributed by atoms with van der Waals surface area (Å²) < 4.78 is 0. The Morgan fingerprint density at radius 1 is 1.15 bits per heavy atom. The molecule has 0 unspecified atom stereocenters. The third-order valence-electron chi connectivity index (χ3n) is 4.08. The second-order valence-electron chi connectivity index (χ2n) is 5.82. The van der Waals surface area contributed by atoms with Gasteiger partial charge in [0.2, 0.25) is 0 Å². The molecule has 2 N–H and O–H groups in total. The number of amides is 1. The lowest BCUT2D eigenvalue weighted by Crippen LogP contribution is -2.13. The third-order valence-corrected chi connectivity index (χ3v) is 4.84. The van der Waals surface area contributed by atoms with Gasteiger partial charge in [-0.1, -0.05) is 48.5 Å². The van der Waals surface area contributed by atoms with Crippen molar-refractivity contribution in [2.75, 3.05) is 5.32 Å². The maximum atomic E-state index is 12.5. The average molecular weight is 370 g/mol. The van der Waals surface area contributed by atoms with Crippen LogP contribution in [-0.2, 0) is 4.79 Å². The van der Waals surface area contributed by atoms with Crippen LogP contribution in [0, 0.1) is 11.3 Å². The summed E-state index contributed by atoms with van der Waals surface area (Å²) >= 11 is 1.33. The quantitative estimate of drug-likeness (QED) is 0.398. The summed E-state index contributed by atoms with van der Waals surface area (Å²) in [6.45, 7) is 0. The van der Waals surface area contributed by atoms with Gasteiger partial charge in [0.25, 0.3) is 5.91 Å². The molecule has 4 aromatic rings. The smallest absolute Gasteiger partial charge is 0.268 e. The first-order valence-corrected chi connectivity index (χ1v) is 9.13. The topological polar surface area (TPSA) is 81.6 Å². The number of carbonyl (C=O) groups is 1.